The van der Waals surface area contributed by atoms with Gasteiger partial charge in [0.15, 0.2) is 0 Å². The lowest BCUT2D eigenvalue weighted by molar-refractivity contribution is -0.157. The molecule has 3 fully saturated rings. The summed E-state index contributed by atoms with van der Waals surface area (Å²) in [6, 6.07) is 25.6. The van der Waals surface area contributed by atoms with Crippen LogP contribution >= 0.6 is 23.4 Å². The zero-order valence-corrected chi connectivity index (χ0v) is 33.1. The number of methoxy groups -OCH3 is 1. The van der Waals surface area contributed by atoms with Crippen molar-refractivity contribution in [2.24, 2.45) is 17.8 Å². The third kappa shape index (κ3) is 10.6. The van der Waals surface area contributed by atoms with Gasteiger partial charge >= 0.3 is 5.97 Å². The van der Waals surface area contributed by atoms with Crippen molar-refractivity contribution < 1.29 is 28.7 Å². The summed E-state index contributed by atoms with van der Waals surface area (Å²) in [6.07, 6.45) is 6.83. The number of carbonyl (C=O) groups excluding carboxylic acids is 5. The Bertz CT molecular complexity index is 1790. The highest BCUT2D eigenvalue weighted by molar-refractivity contribution is 7.99. The first-order valence-corrected chi connectivity index (χ1v) is 21.1. The van der Waals surface area contributed by atoms with E-state index in [0.717, 1.165) is 42.6 Å². The molecule has 0 radical (unpaired) electrons. The maximum atomic E-state index is 14.4. The van der Waals surface area contributed by atoms with E-state index in [1.165, 1.54) is 7.11 Å². The van der Waals surface area contributed by atoms with Crippen LogP contribution in [-0.4, -0.2) is 71.2 Å². The Labute approximate surface area is 333 Å². The number of carbonyl (C=O) groups is 5. The standard InChI is InChI=1S/C44H52ClN3O6S/c1-54-44(53)38-19-11-20-40-48(38)42(51)34(23-25-55-40)28-39(49)32(26-30-12-4-2-5-13-30)21-22-33(27-31-14-6-3-7-15-31)41(50)46-37-18-8-9-24-47(43(37)52)36-17-10-16-35(45)29-36/h2-7,10,12-17,29,32-34,37-38,40H,8-9,11,18-28H2,1H3,(H,46,50)/t32-,33-,34-,37+,38+,40+/m1/s1. The van der Waals surface area contributed by atoms with Crippen molar-refractivity contribution in [1.29, 1.82) is 0 Å². The van der Waals surface area contributed by atoms with Crippen molar-refractivity contribution >= 4 is 58.5 Å². The fourth-order valence-corrected chi connectivity index (χ4v) is 9.96. The number of nitrogens with one attached hydrogen (secondary N) is 1. The van der Waals surface area contributed by atoms with E-state index in [1.54, 1.807) is 33.7 Å². The number of nitrogens with zero attached hydrogens (tertiary/aromatic N) is 2. The number of Topliss-reactive ketones (excluding diaryl/α,β-unsaturated/α-hetero) is 1. The van der Waals surface area contributed by atoms with Gasteiger partial charge in [0, 0.05) is 41.4 Å². The molecule has 55 heavy (non-hydrogen) atoms. The Morgan fingerprint density at radius 2 is 1.51 bits per heavy atom. The summed E-state index contributed by atoms with van der Waals surface area (Å²) in [5, 5.41) is 3.58. The molecule has 0 bridgehead atoms. The number of halogens is 1. The SMILES string of the molecule is COC(=O)[C@@H]1CCC[C@@H]2SCC[C@H](CC(=O)[C@H](CC[C@H](Cc3ccccc3)C(=O)N[C@H]3CCCCN(c4cccc(Cl)c4)C3=O)Cc3ccccc3)C(=O)N21. The number of piperidine rings is 1. The topological polar surface area (TPSA) is 113 Å². The monoisotopic (exact) mass is 785 g/mol. The zero-order valence-electron chi connectivity index (χ0n) is 31.6. The maximum Gasteiger partial charge on any atom is 0.328 e. The van der Waals surface area contributed by atoms with E-state index in [2.05, 4.69) is 5.32 Å². The summed E-state index contributed by atoms with van der Waals surface area (Å²) in [5.74, 6) is -1.62. The number of ketones is 1. The van der Waals surface area contributed by atoms with Gasteiger partial charge in [-0.3, -0.25) is 19.2 Å². The highest BCUT2D eigenvalue weighted by Gasteiger charge is 2.44. The van der Waals surface area contributed by atoms with Gasteiger partial charge in [-0.25, -0.2) is 4.79 Å². The molecule has 9 nitrogen and oxygen atoms in total. The number of benzene rings is 3. The molecular weight excluding hydrogens is 734 g/mol. The lowest BCUT2D eigenvalue weighted by atomic mass is 9.82. The minimum atomic E-state index is -0.680. The van der Waals surface area contributed by atoms with Crippen LogP contribution in [-0.2, 0) is 41.6 Å². The van der Waals surface area contributed by atoms with E-state index in [4.69, 9.17) is 16.3 Å². The highest BCUT2D eigenvalue weighted by Crippen LogP contribution is 2.38. The second-order valence-electron chi connectivity index (χ2n) is 15.1. The molecule has 3 aliphatic heterocycles. The number of hydrogen-bond acceptors (Lipinski definition) is 7. The van der Waals surface area contributed by atoms with Crippen molar-refractivity contribution in [2.75, 3.05) is 24.3 Å². The first-order valence-electron chi connectivity index (χ1n) is 19.7. The van der Waals surface area contributed by atoms with Crippen LogP contribution in [0.5, 0.6) is 0 Å². The predicted molar refractivity (Wildman–Crippen MR) is 217 cm³/mol. The molecule has 292 valence electrons. The van der Waals surface area contributed by atoms with Crippen molar-refractivity contribution in [2.45, 2.75) is 94.5 Å². The van der Waals surface area contributed by atoms with Gasteiger partial charge in [-0.2, -0.15) is 0 Å². The van der Waals surface area contributed by atoms with E-state index < -0.39 is 35.8 Å². The molecule has 11 heteroatoms. The molecule has 1 N–H and O–H groups in total. The third-order valence-electron chi connectivity index (χ3n) is 11.3. The second kappa shape index (κ2) is 19.6. The number of anilines is 1. The first kappa shape index (κ1) is 40.5. The number of rotatable bonds is 14. The number of fused-ring (bicyclic) bond motifs is 1. The zero-order chi connectivity index (χ0) is 38.7. The van der Waals surface area contributed by atoms with Crippen molar-refractivity contribution in [1.82, 2.24) is 10.2 Å². The van der Waals surface area contributed by atoms with Crippen molar-refractivity contribution in [3.05, 3.63) is 101 Å². The normalized spacial score (nSPS) is 22.8. The molecule has 3 aromatic carbocycles. The first-order chi connectivity index (χ1) is 26.7. The Morgan fingerprint density at radius 1 is 0.818 bits per heavy atom. The molecular formula is C44H52ClN3O6S. The van der Waals surface area contributed by atoms with Gasteiger partial charge in [0.1, 0.15) is 17.9 Å². The third-order valence-corrected chi connectivity index (χ3v) is 12.9. The molecule has 3 aliphatic rings. The number of esters is 1. The largest absolute Gasteiger partial charge is 0.467 e. The lowest BCUT2D eigenvalue weighted by Crippen LogP contribution is -2.53. The molecule has 6 rings (SSSR count). The van der Waals surface area contributed by atoms with E-state index in [9.17, 15) is 24.0 Å². The summed E-state index contributed by atoms with van der Waals surface area (Å²) in [4.78, 5) is 72.9. The summed E-state index contributed by atoms with van der Waals surface area (Å²) in [7, 11) is 1.35. The molecule has 0 unspecified atom stereocenters. The van der Waals surface area contributed by atoms with E-state index in [1.807, 2.05) is 72.8 Å². The molecule has 3 heterocycles. The van der Waals surface area contributed by atoms with Gasteiger partial charge in [0.25, 0.3) is 0 Å². The van der Waals surface area contributed by atoms with Crippen molar-refractivity contribution in [3.63, 3.8) is 0 Å². The quantitative estimate of drug-likeness (QED) is 0.169. The number of ether oxygens (including phenoxy) is 1. The van der Waals surface area contributed by atoms with E-state index >= 15 is 0 Å². The fourth-order valence-electron chi connectivity index (χ4n) is 8.34. The van der Waals surface area contributed by atoms with Gasteiger partial charge in [-0.15, -0.1) is 11.8 Å². The van der Waals surface area contributed by atoms with E-state index in [-0.39, 0.29) is 35.3 Å². The fraction of sp³-hybridized carbons (Fsp3) is 0.477. The lowest BCUT2D eigenvalue weighted by Gasteiger charge is -2.40. The predicted octanol–water partition coefficient (Wildman–Crippen LogP) is 7.43. The molecule has 0 aromatic heterocycles. The molecule has 6 atom stereocenters. The highest BCUT2D eigenvalue weighted by atomic mass is 35.5. The summed E-state index contributed by atoms with van der Waals surface area (Å²) in [5.41, 5.74) is 2.72. The second-order valence-corrected chi connectivity index (χ2v) is 16.8. The smallest absolute Gasteiger partial charge is 0.328 e. The summed E-state index contributed by atoms with van der Waals surface area (Å²) < 4.78 is 5.09. The molecule has 3 saturated heterocycles. The van der Waals surface area contributed by atoms with Crippen LogP contribution in [0.4, 0.5) is 5.69 Å². The van der Waals surface area contributed by atoms with Crippen LogP contribution in [0, 0.1) is 17.8 Å². The molecule has 3 amide bonds. The minimum absolute atomic E-state index is 0.00717. The van der Waals surface area contributed by atoms with Gasteiger partial charge in [-0.1, -0.05) is 78.3 Å². The van der Waals surface area contributed by atoms with Gasteiger partial charge in [0.05, 0.1) is 12.5 Å². The van der Waals surface area contributed by atoms with Crippen LogP contribution in [0.1, 0.15) is 75.3 Å². The molecule has 0 saturated carbocycles. The van der Waals surface area contributed by atoms with Crippen LogP contribution in [0.15, 0.2) is 84.9 Å². The maximum absolute atomic E-state index is 14.4. The molecule has 0 aliphatic carbocycles. The summed E-state index contributed by atoms with van der Waals surface area (Å²) >= 11 is 7.96. The Morgan fingerprint density at radius 3 is 2.20 bits per heavy atom. The van der Waals surface area contributed by atoms with Crippen LogP contribution < -0.4 is 10.2 Å². The summed E-state index contributed by atoms with van der Waals surface area (Å²) in [6.45, 7) is 0.548. The average Bonchev–Trinajstić information content (AvgIpc) is 3.48. The Hall–Kier alpha value is -4.15. The van der Waals surface area contributed by atoms with Crippen LogP contribution in [0.2, 0.25) is 5.02 Å². The van der Waals surface area contributed by atoms with Gasteiger partial charge in [0.2, 0.25) is 17.7 Å². The molecule has 3 aromatic rings. The average molecular weight is 786 g/mol. The van der Waals surface area contributed by atoms with Gasteiger partial charge < -0.3 is 19.9 Å². The number of hydrogen-bond donors (Lipinski definition) is 1. The van der Waals surface area contributed by atoms with Crippen molar-refractivity contribution in [3.8, 4) is 0 Å². The number of thioether (sulfide) groups is 1. The van der Waals surface area contributed by atoms with Crippen LogP contribution in [0.25, 0.3) is 0 Å². The molecule has 0 spiro atoms. The Balaban J connectivity index is 1.20. The van der Waals surface area contributed by atoms with Gasteiger partial charge in [-0.05, 0) is 106 Å². The van der Waals surface area contributed by atoms with E-state index in [0.29, 0.717) is 62.2 Å². The Kier molecular flexibility index (Phi) is 14.5. The van der Waals surface area contributed by atoms with Crippen LogP contribution in [0.3, 0.4) is 0 Å². The number of amides is 3. The minimum Gasteiger partial charge on any atom is -0.467 e.